The van der Waals surface area contributed by atoms with Gasteiger partial charge in [-0.25, -0.2) is 0 Å². The molecule has 1 N–H and O–H groups in total. The van der Waals surface area contributed by atoms with Crippen LogP contribution in [0, 0.1) is 4.77 Å². The first-order valence-corrected chi connectivity index (χ1v) is 5.53. The Labute approximate surface area is 98.9 Å². The van der Waals surface area contributed by atoms with Gasteiger partial charge in [0.15, 0.2) is 10.6 Å². The fourth-order valence-corrected chi connectivity index (χ4v) is 1.72. The van der Waals surface area contributed by atoms with Crippen LogP contribution in [0.15, 0.2) is 30.3 Å². The molecule has 0 amide bonds. The van der Waals surface area contributed by atoms with Crippen molar-refractivity contribution in [2.45, 2.75) is 13.5 Å². The van der Waals surface area contributed by atoms with Crippen LogP contribution in [0.25, 0.3) is 5.69 Å². The summed E-state index contributed by atoms with van der Waals surface area (Å²) in [4.78, 5) is 0. The van der Waals surface area contributed by atoms with E-state index in [1.54, 1.807) is 0 Å². The van der Waals surface area contributed by atoms with Crippen molar-refractivity contribution in [3.8, 4) is 5.69 Å². The van der Waals surface area contributed by atoms with Crippen LogP contribution in [0.2, 0.25) is 0 Å². The van der Waals surface area contributed by atoms with Crippen LogP contribution < -0.4 is 0 Å². The van der Waals surface area contributed by atoms with Crippen molar-refractivity contribution < 1.29 is 4.74 Å². The number of aromatic nitrogens is 3. The van der Waals surface area contributed by atoms with Crippen molar-refractivity contribution in [2.24, 2.45) is 0 Å². The van der Waals surface area contributed by atoms with E-state index in [2.05, 4.69) is 10.2 Å². The zero-order chi connectivity index (χ0) is 11.4. The van der Waals surface area contributed by atoms with Gasteiger partial charge in [0.2, 0.25) is 0 Å². The topological polar surface area (TPSA) is 42.8 Å². The third-order valence-electron chi connectivity index (χ3n) is 2.19. The van der Waals surface area contributed by atoms with Crippen molar-refractivity contribution in [1.82, 2.24) is 14.8 Å². The molecular weight excluding hydrogens is 222 g/mol. The van der Waals surface area contributed by atoms with E-state index in [-0.39, 0.29) is 0 Å². The molecule has 1 heterocycles. The number of hydrogen-bond donors (Lipinski definition) is 1. The molecule has 5 heteroatoms. The lowest BCUT2D eigenvalue weighted by Crippen LogP contribution is -2.03. The van der Waals surface area contributed by atoms with Crippen molar-refractivity contribution in [1.29, 1.82) is 0 Å². The predicted molar refractivity (Wildman–Crippen MR) is 64.1 cm³/mol. The van der Waals surface area contributed by atoms with Crippen molar-refractivity contribution >= 4 is 12.2 Å². The molecule has 0 spiro atoms. The Morgan fingerprint density at radius 3 is 2.81 bits per heavy atom. The smallest absolute Gasteiger partial charge is 0.199 e. The second-order valence-corrected chi connectivity index (χ2v) is 3.64. The van der Waals surface area contributed by atoms with Gasteiger partial charge < -0.3 is 4.74 Å². The highest BCUT2D eigenvalue weighted by molar-refractivity contribution is 7.71. The number of benzene rings is 1. The third-order valence-corrected chi connectivity index (χ3v) is 2.47. The van der Waals surface area contributed by atoms with E-state index in [1.165, 1.54) is 0 Å². The maximum atomic E-state index is 5.35. The molecule has 0 atom stereocenters. The quantitative estimate of drug-likeness (QED) is 0.828. The number of rotatable bonds is 4. The Morgan fingerprint density at radius 1 is 1.38 bits per heavy atom. The molecule has 0 saturated heterocycles. The normalized spacial score (nSPS) is 10.6. The lowest BCUT2D eigenvalue weighted by molar-refractivity contribution is 0.127. The van der Waals surface area contributed by atoms with E-state index >= 15 is 0 Å². The van der Waals surface area contributed by atoms with E-state index in [1.807, 2.05) is 41.8 Å². The first-order valence-electron chi connectivity index (χ1n) is 5.12. The summed E-state index contributed by atoms with van der Waals surface area (Å²) in [6, 6.07) is 9.88. The summed E-state index contributed by atoms with van der Waals surface area (Å²) in [6.45, 7) is 3.07. The molecule has 0 aliphatic carbocycles. The van der Waals surface area contributed by atoms with E-state index in [0.29, 0.717) is 18.0 Å². The van der Waals surface area contributed by atoms with Gasteiger partial charge in [-0.05, 0) is 31.3 Å². The molecular formula is C11H13N3OS. The van der Waals surface area contributed by atoms with Crippen molar-refractivity contribution in [3.05, 3.63) is 40.9 Å². The molecule has 0 bridgehead atoms. The van der Waals surface area contributed by atoms with Gasteiger partial charge in [0, 0.05) is 12.3 Å². The van der Waals surface area contributed by atoms with Gasteiger partial charge in [-0.15, -0.1) is 0 Å². The number of aromatic amines is 1. The molecule has 16 heavy (non-hydrogen) atoms. The Hall–Kier alpha value is -1.46. The van der Waals surface area contributed by atoms with E-state index in [4.69, 9.17) is 17.0 Å². The lowest BCUT2D eigenvalue weighted by atomic mass is 10.3. The zero-order valence-corrected chi connectivity index (χ0v) is 9.83. The molecule has 2 rings (SSSR count). The molecule has 0 fully saturated rings. The number of nitrogens with zero attached hydrogens (tertiary/aromatic N) is 2. The standard InChI is InChI=1S/C11H13N3OS/c1-2-15-8-10-12-13-11(16)14(10)9-6-4-3-5-7-9/h3-7H,2,8H2,1H3,(H,13,16). The average Bonchev–Trinajstić information content (AvgIpc) is 2.69. The van der Waals surface area contributed by atoms with Crippen LogP contribution in [0.4, 0.5) is 0 Å². The maximum absolute atomic E-state index is 5.35. The van der Waals surface area contributed by atoms with Crippen LogP contribution in [0.3, 0.4) is 0 Å². The van der Waals surface area contributed by atoms with Crippen LogP contribution in [-0.2, 0) is 11.3 Å². The largest absolute Gasteiger partial charge is 0.374 e. The van der Waals surface area contributed by atoms with Gasteiger partial charge >= 0.3 is 0 Å². The van der Waals surface area contributed by atoms with Crippen molar-refractivity contribution in [3.63, 3.8) is 0 Å². The minimum atomic E-state index is 0.457. The molecule has 84 valence electrons. The molecule has 1 aromatic heterocycles. The van der Waals surface area contributed by atoms with E-state index < -0.39 is 0 Å². The van der Waals surface area contributed by atoms with Gasteiger partial charge in [0.1, 0.15) is 6.61 Å². The summed E-state index contributed by atoms with van der Waals surface area (Å²) >= 11 is 5.19. The second kappa shape index (κ2) is 5.05. The molecule has 0 unspecified atom stereocenters. The van der Waals surface area contributed by atoms with Gasteiger partial charge in [-0.1, -0.05) is 18.2 Å². The predicted octanol–water partition coefficient (Wildman–Crippen LogP) is 2.47. The fourth-order valence-electron chi connectivity index (χ4n) is 1.46. The Bertz CT molecular complexity index is 503. The average molecular weight is 235 g/mol. The Morgan fingerprint density at radius 2 is 2.12 bits per heavy atom. The Balaban J connectivity index is 2.40. The number of hydrogen-bond acceptors (Lipinski definition) is 3. The molecule has 1 aromatic carbocycles. The first-order chi connectivity index (χ1) is 7.83. The maximum Gasteiger partial charge on any atom is 0.199 e. The highest BCUT2D eigenvalue weighted by Gasteiger charge is 2.07. The van der Waals surface area contributed by atoms with Gasteiger partial charge in [-0.3, -0.25) is 9.67 Å². The summed E-state index contributed by atoms with van der Waals surface area (Å²) < 4.78 is 7.81. The summed E-state index contributed by atoms with van der Waals surface area (Å²) in [7, 11) is 0. The minimum absolute atomic E-state index is 0.457. The molecule has 0 aliphatic rings. The Kier molecular flexibility index (Phi) is 3.48. The molecule has 4 nitrogen and oxygen atoms in total. The van der Waals surface area contributed by atoms with E-state index in [9.17, 15) is 0 Å². The molecule has 0 radical (unpaired) electrons. The summed E-state index contributed by atoms with van der Waals surface area (Å²) in [6.07, 6.45) is 0. The monoisotopic (exact) mass is 235 g/mol. The second-order valence-electron chi connectivity index (χ2n) is 3.25. The SMILES string of the molecule is CCOCc1n[nH]c(=S)n1-c1ccccc1. The van der Waals surface area contributed by atoms with Gasteiger partial charge in [-0.2, -0.15) is 5.10 Å². The van der Waals surface area contributed by atoms with Crippen LogP contribution in [-0.4, -0.2) is 21.4 Å². The zero-order valence-electron chi connectivity index (χ0n) is 9.01. The molecule has 0 saturated carbocycles. The van der Waals surface area contributed by atoms with Crippen molar-refractivity contribution in [2.75, 3.05) is 6.61 Å². The highest BCUT2D eigenvalue weighted by atomic mass is 32.1. The molecule has 2 aromatic rings. The molecule has 0 aliphatic heterocycles. The number of H-pyrrole nitrogens is 1. The van der Waals surface area contributed by atoms with E-state index in [0.717, 1.165) is 11.5 Å². The van der Waals surface area contributed by atoms with Crippen LogP contribution in [0.1, 0.15) is 12.7 Å². The summed E-state index contributed by atoms with van der Waals surface area (Å²) in [5, 5.41) is 6.93. The third kappa shape index (κ3) is 2.20. The summed E-state index contributed by atoms with van der Waals surface area (Å²) in [5.74, 6) is 0.790. The van der Waals surface area contributed by atoms with Gasteiger partial charge in [0.05, 0.1) is 0 Å². The van der Waals surface area contributed by atoms with Gasteiger partial charge in [0.25, 0.3) is 0 Å². The highest BCUT2D eigenvalue weighted by Crippen LogP contribution is 2.11. The first kappa shape index (κ1) is 11.0. The minimum Gasteiger partial charge on any atom is -0.374 e. The number of ether oxygens (including phenoxy) is 1. The van der Waals surface area contributed by atoms with Crippen LogP contribution >= 0.6 is 12.2 Å². The van der Waals surface area contributed by atoms with Crippen LogP contribution in [0.5, 0.6) is 0 Å². The number of para-hydroxylation sites is 1. The summed E-state index contributed by atoms with van der Waals surface area (Å²) in [5.41, 5.74) is 0.996. The fraction of sp³-hybridized carbons (Fsp3) is 0.273. The number of nitrogens with one attached hydrogen (secondary N) is 1. The lowest BCUT2D eigenvalue weighted by Gasteiger charge is -2.06.